The summed E-state index contributed by atoms with van der Waals surface area (Å²) < 4.78 is 0. The van der Waals surface area contributed by atoms with E-state index in [9.17, 15) is 0 Å². The van der Waals surface area contributed by atoms with Gasteiger partial charge in [0.15, 0.2) is 29.1 Å². The van der Waals surface area contributed by atoms with Crippen molar-refractivity contribution in [3.8, 4) is 157 Å². The topological polar surface area (TPSA) is 116 Å². The molecule has 0 bridgehead atoms. The SMILES string of the molecule is c1ccc(-c2cccc(-c3nc(-c4cccc(-c5ccccc5)c4)nc(-c4cc(-c5ccc(-c6nccc(-c7cccc(-c8cc(-c9ccccc9)nc(-c9cc(-c%10cncnc%10)cc(-c%10ccc%11ccccc%11c%10)c9)n8)c7)n6)cc5)cc(-c5ccc6ccccc6c5)c4)n3)c2)cc1. The third-order valence-corrected chi connectivity index (χ3v) is 17.9. The Balaban J connectivity index is 0.734. The smallest absolute Gasteiger partial charge is 0.164 e. The summed E-state index contributed by atoms with van der Waals surface area (Å²) in [6.45, 7) is 0. The van der Waals surface area contributed by atoms with Gasteiger partial charge in [-0.2, -0.15) is 0 Å². The molecule has 0 amide bonds. The fraction of sp³-hybridized carbons (Fsp3) is 0. The zero-order valence-corrected chi connectivity index (χ0v) is 52.9. The average molecular weight is 1250 g/mol. The molecule has 4 heterocycles. The van der Waals surface area contributed by atoms with Crippen LogP contribution < -0.4 is 0 Å². The summed E-state index contributed by atoms with van der Waals surface area (Å²) >= 11 is 0. The van der Waals surface area contributed by atoms with Crippen molar-refractivity contribution >= 4 is 21.5 Å². The molecule has 0 radical (unpaired) electrons. The molecule has 0 aliphatic heterocycles. The summed E-state index contributed by atoms with van der Waals surface area (Å²) in [6, 6.07) is 112. The number of fused-ring (bicyclic) bond motifs is 2. The number of hydrogen-bond donors (Lipinski definition) is 0. The second-order valence-electron chi connectivity index (χ2n) is 24.3. The predicted octanol–water partition coefficient (Wildman–Crippen LogP) is 21.9. The molecule has 0 N–H and O–H groups in total. The summed E-state index contributed by atoms with van der Waals surface area (Å²) in [5.41, 5.74) is 22.0. The van der Waals surface area contributed by atoms with Crippen LogP contribution in [-0.4, -0.2) is 44.9 Å². The molecule has 0 saturated carbocycles. The van der Waals surface area contributed by atoms with Gasteiger partial charge in [0.25, 0.3) is 0 Å². The zero-order chi connectivity index (χ0) is 65.1. The Labute approximate surface area is 567 Å². The standard InChI is InChI=1S/C89H57N9/c1-4-17-58(18-5-1)67-27-14-31-73(45-67)86-96-87(74-32-15-28-68(46-74)59-19-6-2-7-20-59)98-89(97-86)80-50-75(48-76(52-80)69-39-35-60-21-10-12-25-65(60)43-69)62-33-37-64(38-34-62)85-92-42-41-82(93-85)71-29-16-30-72(47-71)84-54-83(63-23-8-3-9-24-63)94-88(95-84)79-51-77(49-78(53-79)81-55-90-57-91-56-81)70-40-36-61-22-11-13-26-66(61)44-70/h1-57H. The summed E-state index contributed by atoms with van der Waals surface area (Å²) in [6.07, 6.45) is 7.07. The van der Waals surface area contributed by atoms with Gasteiger partial charge in [0, 0.05) is 68.7 Å². The maximum absolute atomic E-state index is 5.38. The van der Waals surface area contributed by atoms with E-state index in [4.69, 9.17) is 34.9 Å². The highest BCUT2D eigenvalue weighted by atomic mass is 15.0. The molecular formula is C89H57N9. The first-order valence-electron chi connectivity index (χ1n) is 32.6. The molecule has 13 aromatic carbocycles. The first kappa shape index (κ1) is 58.5. The Morgan fingerprint density at radius 3 is 1.04 bits per heavy atom. The zero-order valence-electron chi connectivity index (χ0n) is 52.9. The number of nitrogens with zero attached hydrogens (tertiary/aromatic N) is 9. The van der Waals surface area contributed by atoms with Crippen LogP contribution in [0, 0.1) is 0 Å². The van der Waals surface area contributed by atoms with E-state index in [1.165, 1.54) is 10.8 Å². The van der Waals surface area contributed by atoms with Crippen molar-refractivity contribution in [1.29, 1.82) is 0 Å². The summed E-state index contributed by atoms with van der Waals surface area (Å²) in [5, 5.41) is 4.67. The lowest BCUT2D eigenvalue weighted by Crippen LogP contribution is -2.01. The van der Waals surface area contributed by atoms with Gasteiger partial charge >= 0.3 is 0 Å². The Hall–Kier alpha value is -13.4. The summed E-state index contributed by atoms with van der Waals surface area (Å²) in [7, 11) is 0. The van der Waals surface area contributed by atoms with Gasteiger partial charge in [0.2, 0.25) is 0 Å². The van der Waals surface area contributed by atoms with Crippen LogP contribution in [0.15, 0.2) is 346 Å². The van der Waals surface area contributed by atoms with Crippen molar-refractivity contribution in [2.24, 2.45) is 0 Å². The Morgan fingerprint density at radius 1 is 0.163 bits per heavy atom. The molecule has 0 fully saturated rings. The van der Waals surface area contributed by atoms with Gasteiger partial charge in [-0.1, -0.05) is 243 Å². The van der Waals surface area contributed by atoms with Crippen LogP contribution >= 0.6 is 0 Å². The number of rotatable bonds is 14. The summed E-state index contributed by atoms with van der Waals surface area (Å²) in [5.74, 6) is 2.90. The van der Waals surface area contributed by atoms with E-state index in [1.807, 2.05) is 55.0 Å². The van der Waals surface area contributed by atoms with Crippen molar-refractivity contribution in [1.82, 2.24) is 44.9 Å². The van der Waals surface area contributed by atoms with E-state index >= 15 is 0 Å². The second-order valence-corrected chi connectivity index (χ2v) is 24.3. The highest BCUT2D eigenvalue weighted by Crippen LogP contribution is 2.39. The lowest BCUT2D eigenvalue weighted by Gasteiger charge is -2.14. The van der Waals surface area contributed by atoms with Crippen LogP contribution in [0.5, 0.6) is 0 Å². The molecule has 9 heteroatoms. The fourth-order valence-electron chi connectivity index (χ4n) is 12.9. The van der Waals surface area contributed by atoms with E-state index in [0.29, 0.717) is 29.1 Å². The first-order valence-corrected chi connectivity index (χ1v) is 32.6. The number of benzene rings is 13. The first-order chi connectivity index (χ1) is 48.5. The van der Waals surface area contributed by atoms with Crippen molar-refractivity contribution in [2.45, 2.75) is 0 Å². The normalized spacial score (nSPS) is 11.3. The molecule has 4 aromatic heterocycles. The van der Waals surface area contributed by atoms with Gasteiger partial charge in [-0.15, -0.1) is 0 Å². The molecule has 17 rings (SSSR count). The predicted molar refractivity (Wildman–Crippen MR) is 398 cm³/mol. The third kappa shape index (κ3) is 12.2. The molecule has 0 saturated heterocycles. The average Bonchev–Trinajstić information content (AvgIpc) is 0.790. The van der Waals surface area contributed by atoms with E-state index in [-0.39, 0.29) is 0 Å². The maximum atomic E-state index is 5.38. The fourth-order valence-corrected chi connectivity index (χ4v) is 12.9. The molecular weight excluding hydrogens is 1200 g/mol. The van der Waals surface area contributed by atoms with Gasteiger partial charge in [-0.3, -0.25) is 0 Å². The van der Waals surface area contributed by atoms with Gasteiger partial charge in [-0.25, -0.2) is 44.9 Å². The lowest BCUT2D eigenvalue weighted by molar-refractivity contribution is 1.07. The van der Waals surface area contributed by atoms with E-state index in [2.05, 4.69) is 295 Å². The van der Waals surface area contributed by atoms with Gasteiger partial charge in [0.05, 0.1) is 17.1 Å². The van der Waals surface area contributed by atoms with E-state index < -0.39 is 0 Å². The lowest BCUT2D eigenvalue weighted by atomic mass is 9.94. The number of aromatic nitrogens is 9. The molecule has 9 nitrogen and oxygen atoms in total. The Kier molecular flexibility index (Phi) is 15.4. The molecule has 0 aliphatic rings. The van der Waals surface area contributed by atoms with Crippen LogP contribution in [0.2, 0.25) is 0 Å². The van der Waals surface area contributed by atoms with Crippen molar-refractivity contribution in [3.63, 3.8) is 0 Å². The molecule has 0 spiro atoms. The van der Waals surface area contributed by atoms with Gasteiger partial charge in [0.1, 0.15) is 6.33 Å². The van der Waals surface area contributed by atoms with E-state index in [1.54, 1.807) is 6.33 Å². The molecule has 98 heavy (non-hydrogen) atoms. The van der Waals surface area contributed by atoms with Gasteiger partial charge in [-0.05, 0) is 162 Å². The van der Waals surface area contributed by atoms with Crippen LogP contribution in [-0.2, 0) is 0 Å². The quantitative estimate of drug-likeness (QED) is 0.105. The minimum atomic E-state index is 0.558. The van der Waals surface area contributed by atoms with Crippen LogP contribution in [0.1, 0.15) is 0 Å². The Morgan fingerprint density at radius 2 is 0.500 bits per heavy atom. The monoisotopic (exact) mass is 1250 g/mol. The highest BCUT2D eigenvalue weighted by molar-refractivity contribution is 5.92. The molecule has 17 aromatic rings. The van der Waals surface area contributed by atoms with Crippen molar-refractivity contribution in [3.05, 3.63) is 346 Å². The Bertz CT molecular complexity index is 5710. The highest BCUT2D eigenvalue weighted by Gasteiger charge is 2.20. The van der Waals surface area contributed by atoms with Crippen molar-refractivity contribution in [2.75, 3.05) is 0 Å². The van der Waals surface area contributed by atoms with Crippen molar-refractivity contribution < 1.29 is 0 Å². The molecule has 458 valence electrons. The molecule has 0 unspecified atom stereocenters. The second kappa shape index (κ2) is 25.8. The maximum Gasteiger partial charge on any atom is 0.164 e. The van der Waals surface area contributed by atoms with Crippen LogP contribution in [0.3, 0.4) is 0 Å². The molecule has 0 atom stereocenters. The largest absolute Gasteiger partial charge is 0.244 e. The van der Waals surface area contributed by atoms with Crippen LogP contribution in [0.4, 0.5) is 0 Å². The molecule has 0 aliphatic carbocycles. The van der Waals surface area contributed by atoms with Gasteiger partial charge < -0.3 is 0 Å². The van der Waals surface area contributed by atoms with Crippen LogP contribution in [0.25, 0.3) is 179 Å². The number of hydrogen-bond acceptors (Lipinski definition) is 9. The minimum absolute atomic E-state index is 0.558. The third-order valence-electron chi connectivity index (χ3n) is 17.9. The summed E-state index contributed by atoms with van der Waals surface area (Å²) in [4.78, 5) is 45.5. The minimum Gasteiger partial charge on any atom is -0.244 e. The van der Waals surface area contributed by atoms with E-state index in [0.717, 1.165) is 139 Å².